The molecular formula is C27H28N4OS. The van der Waals surface area contributed by atoms with E-state index >= 15 is 0 Å². The number of pyridine rings is 1. The molecule has 168 valence electrons. The molecule has 4 aromatic rings. The van der Waals surface area contributed by atoms with Crippen molar-refractivity contribution in [1.29, 1.82) is 0 Å². The highest BCUT2D eigenvalue weighted by Gasteiger charge is 2.42. The smallest absolute Gasteiger partial charge is 0.252 e. The van der Waals surface area contributed by atoms with Gasteiger partial charge in [0.1, 0.15) is 0 Å². The van der Waals surface area contributed by atoms with Gasteiger partial charge in [0.2, 0.25) is 0 Å². The van der Waals surface area contributed by atoms with E-state index in [9.17, 15) is 4.79 Å². The second-order valence-electron chi connectivity index (χ2n) is 9.66. The molecule has 0 spiro atoms. The lowest BCUT2D eigenvalue weighted by molar-refractivity contribution is 0.0917. The van der Waals surface area contributed by atoms with Gasteiger partial charge in [-0.1, -0.05) is 30.7 Å². The van der Waals surface area contributed by atoms with E-state index < -0.39 is 0 Å². The van der Waals surface area contributed by atoms with Gasteiger partial charge in [0.15, 0.2) is 5.65 Å². The number of nitrogens with one attached hydrogen (secondary N) is 1. The van der Waals surface area contributed by atoms with Crippen LogP contribution in [-0.4, -0.2) is 26.7 Å². The van der Waals surface area contributed by atoms with Crippen molar-refractivity contribution in [1.82, 2.24) is 20.1 Å². The van der Waals surface area contributed by atoms with Crippen LogP contribution in [0, 0.1) is 24.7 Å². The van der Waals surface area contributed by atoms with Crippen LogP contribution in [0.3, 0.4) is 0 Å². The Morgan fingerprint density at radius 1 is 1.15 bits per heavy atom. The zero-order chi connectivity index (χ0) is 22.5. The Labute approximate surface area is 197 Å². The summed E-state index contributed by atoms with van der Waals surface area (Å²) in [6, 6.07) is 16.2. The van der Waals surface area contributed by atoms with Gasteiger partial charge >= 0.3 is 0 Å². The lowest BCUT2D eigenvalue weighted by Crippen LogP contribution is -2.40. The molecular weight excluding hydrogens is 428 g/mol. The number of para-hydroxylation sites is 1. The fourth-order valence-electron chi connectivity index (χ4n) is 6.07. The van der Waals surface area contributed by atoms with Crippen molar-refractivity contribution in [3.05, 3.63) is 65.2 Å². The molecule has 1 aromatic carbocycles. The summed E-state index contributed by atoms with van der Waals surface area (Å²) in [5.74, 6) is 2.21. The van der Waals surface area contributed by atoms with E-state index in [1.807, 2.05) is 59.5 Å². The lowest BCUT2D eigenvalue weighted by Gasteiger charge is -2.28. The summed E-state index contributed by atoms with van der Waals surface area (Å²) in [5, 5.41) is 11.0. The van der Waals surface area contributed by atoms with E-state index in [1.165, 1.54) is 25.7 Å². The molecule has 0 saturated heterocycles. The fourth-order valence-corrected chi connectivity index (χ4v) is 6.75. The number of amides is 1. The molecule has 4 atom stereocenters. The molecule has 6 rings (SSSR count). The zero-order valence-corrected chi connectivity index (χ0v) is 19.8. The number of hydrogen-bond donors (Lipinski definition) is 1. The SMILES string of the molecule is Cc1nn(-c2ccccc2)c2nc(-c3cccs3)cc(C(=O)N[C@H](C)[C@@H]3C[C@H]4CC[C@H]3C4)c12. The van der Waals surface area contributed by atoms with Crippen LogP contribution in [0.25, 0.3) is 27.3 Å². The molecule has 3 aromatic heterocycles. The van der Waals surface area contributed by atoms with E-state index in [-0.39, 0.29) is 11.9 Å². The molecule has 2 fully saturated rings. The van der Waals surface area contributed by atoms with Crippen LogP contribution in [0.15, 0.2) is 53.9 Å². The highest BCUT2D eigenvalue weighted by Crippen LogP contribution is 2.49. The first-order chi connectivity index (χ1) is 16.1. The number of carbonyl (C=O) groups excluding carboxylic acids is 1. The monoisotopic (exact) mass is 456 g/mol. The Bertz CT molecular complexity index is 1310. The molecule has 6 heteroatoms. The maximum absolute atomic E-state index is 13.7. The average Bonchev–Trinajstić information content (AvgIpc) is 3.63. The van der Waals surface area contributed by atoms with E-state index in [0.717, 1.165) is 44.8 Å². The third-order valence-corrected chi connectivity index (χ3v) is 8.52. The van der Waals surface area contributed by atoms with Gasteiger partial charge in [-0.15, -0.1) is 11.3 Å². The van der Waals surface area contributed by atoms with Crippen molar-refractivity contribution in [2.45, 2.75) is 45.6 Å². The molecule has 2 aliphatic carbocycles. The molecule has 1 N–H and O–H groups in total. The Kier molecular flexibility index (Phi) is 5.06. The first-order valence-electron chi connectivity index (χ1n) is 11.9. The topological polar surface area (TPSA) is 59.8 Å². The van der Waals surface area contributed by atoms with Crippen LogP contribution in [0.5, 0.6) is 0 Å². The second kappa shape index (κ2) is 8.10. The quantitative estimate of drug-likeness (QED) is 0.400. The van der Waals surface area contributed by atoms with Crippen LogP contribution in [-0.2, 0) is 0 Å². The normalized spacial score (nSPS) is 22.7. The minimum atomic E-state index is -0.0220. The number of nitrogens with zero attached hydrogens (tertiary/aromatic N) is 3. The first-order valence-corrected chi connectivity index (χ1v) is 12.8. The average molecular weight is 457 g/mol. The van der Waals surface area contributed by atoms with Gasteiger partial charge in [0.05, 0.1) is 32.9 Å². The first kappa shape index (κ1) is 20.6. The molecule has 33 heavy (non-hydrogen) atoms. The van der Waals surface area contributed by atoms with Crippen molar-refractivity contribution in [3.63, 3.8) is 0 Å². The Morgan fingerprint density at radius 3 is 2.70 bits per heavy atom. The second-order valence-corrected chi connectivity index (χ2v) is 10.6. The molecule has 1 amide bonds. The maximum atomic E-state index is 13.7. The molecule has 2 aliphatic rings. The number of benzene rings is 1. The lowest BCUT2D eigenvalue weighted by atomic mass is 9.84. The van der Waals surface area contributed by atoms with Gasteiger partial charge in [0.25, 0.3) is 5.91 Å². The van der Waals surface area contributed by atoms with Gasteiger partial charge in [-0.05, 0) is 80.5 Å². The Morgan fingerprint density at radius 2 is 2.00 bits per heavy atom. The standard InChI is InChI=1S/C27H28N4OS/c1-16(21-14-18-10-11-19(21)13-18)28-27(32)22-15-23(24-9-6-12-33-24)29-26-25(22)17(2)30-31(26)20-7-4-3-5-8-20/h3-9,12,15-16,18-19,21H,10-11,13-14H2,1-2H3,(H,28,32)/t16-,18+,19+,21+/m1/s1. The minimum absolute atomic E-state index is 0.0220. The zero-order valence-electron chi connectivity index (χ0n) is 19.0. The Balaban J connectivity index is 1.43. The van der Waals surface area contributed by atoms with Crippen LogP contribution < -0.4 is 5.32 Å². The summed E-state index contributed by atoms with van der Waals surface area (Å²) < 4.78 is 1.86. The van der Waals surface area contributed by atoms with Crippen LogP contribution in [0.4, 0.5) is 0 Å². The molecule has 2 saturated carbocycles. The molecule has 3 heterocycles. The van der Waals surface area contributed by atoms with Crippen molar-refractivity contribution < 1.29 is 4.79 Å². The van der Waals surface area contributed by atoms with Gasteiger partial charge in [-0.2, -0.15) is 5.10 Å². The van der Waals surface area contributed by atoms with Gasteiger partial charge in [-0.3, -0.25) is 4.79 Å². The molecule has 5 nitrogen and oxygen atoms in total. The summed E-state index contributed by atoms with van der Waals surface area (Å²) in [7, 11) is 0. The van der Waals surface area contributed by atoms with Gasteiger partial charge < -0.3 is 5.32 Å². The number of thiophene rings is 1. The summed E-state index contributed by atoms with van der Waals surface area (Å²) in [6.07, 6.45) is 5.29. The van der Waals surface area contributed by atoms with E-state index in [1.54, 1.807) is 11.3 Å². The number of rotatable bonds is 5. The number of aromatic nitrogens is 3. The third-order valence-electron chi connectivity index (χ3n) is 7.63. The fraction of sp³-hybridized carbons (Fsp3) is 0.370. The van der Waals surface area contributed by atoms with Crippen molar-refractivity contribution in [3.8, 4) is 16.3 Å². The summed E-state index contributed by atoms with van der Waals surface area (Å²) in [4.78, 5) is 19.7. The van der Waals surface area contributed by atoms with E-state index in [2.05, 4.69) is 18.3 Å². The summed E-state index contributed by atoms with van der Waals surface area (Å²) >= 11 is 1.63. The number of fused-ring (bicyclic) bond motifs is 3. The number of carbonyl (C=O) groups is 1. The van der Waals surface area contributed by atoms with Gasteiger partial charge in [0, 0.05) is 6.04 Å². The number of aryl methyl sites for hydroxylation is 1. The summed E-state index contributed by atoms with van der Waals surface area (Å²) in [5.41, 5.74) is 3.96. The van der Waals surface area contributed by atoms with Crippen molar-refractivity contribution >= 4 is 28.3 Å². The number of hydrogen-bond acceptors (Lipinski definition) is 4. The highest BCUT2D eigenvalue weighted by atomic mass is 32.1. The van der Waals surface area contributed by atoms with Crippen molar-refractivity contribution in [2.24, 2.45) is 17.8 Å². The third kappa shape index (κ3) is 3.57. The van der Waals surface area contributed by atoms with Crippen LogP contribution in [0.2, 0.25) is 0 Å². The van der Waals surface area contributed by atoms with E-state index in [4.69, 9.17) is 10.1 Å². The molecule has 2 bridgehead atoms. The predicted molar refractivity (Wildman–Crippen MR) is 133 cm³/mol. The van der Waals surface area contributed by atoms with Gasteiger partial charge in [-0.25, -0.2) is 9.67 Å². The largest absolute Gasteiger partial charge is 0.349 e. The highest BCUT2D eigenvalue weighted by molar-refractivity contribution is 7.13. The van der Waals surface area contributed by atoms with Crippen molar-refractivity contribution in [2.75, 3.05) is 0 Å². The van der Waals surface area contributed by atoms with E-state index in [0.29, 0.717) is 11.5 Å². The summed E-state index contributed by atoms with van der Waals surface area (Å²) in [6.45, 7) is 4.15. The minimum Gasteiger partial charge on any atom is -0.349 e. The van der Waals surface area contributed by atoms with Crippen LogP contribution in [0.1, 0.15) is 48.7 Å². The molecule has 0 unspecified atom stereocenters. The Hall–Kier alpha value is -2.99. The molecule has 0 radical (unpaired) electrons. The molecule has 0 aliphatic heterocycles. The van der Waals surface area contributed by atoms with Crippen LogP contribution >= 0.6 is 11.3 Å². The predicted octanol–water partition coefficient (Wildman–Crippen LogP) is 6.01. The maximum Gasteiger partial charge on any atom is 0.252 e.